The highest BCUT2D eigenvalue weighted by Gasteiger charge is 2.36. The largest absolute Gasteiger partial charge is 0.310 e. The summed E-state index contributed by atoms with van der Waals surface area (Å²) in [4.78, 5) is 7.01. The van der Waals surface area contributed by atoms with Gasteiger partial charge >= 0.3 is 0 Å². The molecule has 1 aliphatic heterocycles. The third-order valence-corrected chi connectivity index (χ3v) is 4.74. The quantitative estimate of drug-likeness (QED) is 0.874. The van der Waals surface area contributed by atoms with Gasteiger partial charge in [-0.15, -0.1) is 11.3 Å². The van der Waals surface area contributed by atoms with Crippen LogP contribution in [0.25, 0.3) is 0 Å². The monoisotopic (exact) mass is 251 g/mol. The molecule has 2 aliphatic rings. The average Bonchev–Trinajstić information content (AvgIpc) is 2.92. The zero-order valence-corrected chi connectivity index (χ0v) is 11.1. The number of hydrogen-bond donors (Lipinski definition) is 1. The van der Waals surface area contributed by atoms with Gasteiger partial charge in [0, 0.05) is 24.0 Å². The summed E-state index contributed by atoms with van der Waals surface area (Å²) in [7, 11) is 0. The Labute approximate surface area is 107 Å². The molecule has 1 spiro atoms. The summed E-state index contributed by atoms with van der Waals surface area (Å²) in [6.07, 6.45) is 6.79. The van der Waals surface area contributed by atoms with E-state index in [1.807, 2.05) is 5.51 Å². The molecule has 0 bridgehead atoms. The fourth-order valence-corrected chi connectivity index (χ4v) is 3.84. The van der Waals surface area contributed by atoms with Gasteiger partial charge in [0.15, 0.2) is 0 Å². The Balaban J connectivity index is 1.67. The number of rotatable bonds is 2. The summed E-state index contributed by atoms with van der Waals surface area (Å²) >= 11 is 1.70. The Hall–Kier alpha value is -0.450. The van der Waals surface area contributed by atoms with E-state index in [4.69, 9.17) is 0 Å². The molecule has 94 valence electrons. The minimum atomic E-state index is 0.423. The summed E-state index contributed by atoms with van der Waals surface area (Å²) < 4.78 is 0. The van der Waals surface area contributed by atoms with E-state index in [-0.39, 0.29) is 0 Å². The summed E-state index contributed by atoms with van der Waals surface area (Å²) in [5.41, 5.74) is 3.61. The van der Waals surface area contributed by atoms with Crippen molar-refractivity contribution < 1.29 is 0 Å². The molecule has 0 unspecified atom stereocenters. The lowest BCUT2D eigenvalue weighted by Gasteiger charge is -2.33. The van der Waals surface area contributed by atoms with Gasteiger partial charge in [0.1, 0.15) is 0 Å². The van der Waals surface area contributed by atoms with Crippen molar-refractivity contribution in [1.82, 2.24) is 15.2 Å². The predicted octanol–water partition coefficient (Wildman–Crippen LogP) is 2.25. The first kappa shape index (κ1) is 11.6. The van der Waals surface area contributed by atoms with Crippen LogP contribution in [0.1, 0.15) is 37.8 Å². The maximum Gasteiger partial charge on any atom is 0.0795 e. The predicted molar refractivity (Wildman–Crippen MR) is 71.2 cm³/mol. The fourth-order valence-electron chi connectivity index (χ4n) is 3.29. The number of thiazole rings is 1. The van der Waals surface area contributed by atoms with Gasteiger partial charge in [-0.2, -0.15) is 0 Å². The van der Waals surface area contributed by atoms with Crippen molar-refractivity contribution in [2.24, 2.45) is 0 Å². The molecule has 3 nitrogen and oxygen atoms in total. The van der Waals surface area contributed by atoms with Crippen molar-refractivity contribution in [1.29, 1.82) is 0 Å². The molecule has 1 saturated carbocycles. The van der Waals surface area contributed by atoms with E-state index in [0.29, 0.717) is 5.54 Å². The summed E-state index contributed by atoms with van der Waals surface area (Å²) in [6, 6.07) is 0. The highest BCUT2D eigenvalue weighted by atomic mass is 32.1. The lowest BCUT2D eigenvalue weighted by atomic mass is 9.97. The van der Waals surface area contributed by atoms with E-state index in [9.17, 15) is 0 Å². The van der Waals surface area contributed by atoms with Crippen LogP contribution in [0.3, 0.4) is 0 Å². The molecule has 1 aliphatic carbocycles. The molecule has 2 heterocycles. The molecular formula is C13H21N3S. The molecule has 17 heavy (non-hydrogen) atoms. The van der Waals surface area contributed by atoms with Gasteiger partial charge in [0.2, 0.25) is 0 Å². The normalized spacial score (nSPS) is 25.2. The smallest absolute Gasteiger partial charge is 0.0795 e. The third kappa shape index (κ3) is 2.69. The van der Waals surface area contributed by atoms with E-state index in [2.05, 4.69) is 20.6 Å². The van der Waals surface area contributed by atoms with Gasteiger partial charge in [-0.1, -0.05) is 12.8 Å². The second kappa shape index (κ2) is 5.04. The van der Waals surface area contributed by atoms with Crippen LogP contribution in [-0.4, -0.2) is 35.1 Å². The number of aromatic nitrogens is 1. The van der Waals surface area contributed by atoms with Crippen LogP contribution in [0.4, 0.5) is 0 Å². The number of nitrogens with one attached hydrogen (secondary N) is 1. The molecular weight excluding hydrogens is 230 g/mol. The van der Waals surface area contributed by atoms with E-state index in [1.165, 1.54) is 57.4 Å². The molecule has 2 fully saturated rings. The van der Waals surface area contributed by atoms with Crippen molar-refractivity contribution >= 4 is 11.3 Å². The summed E-state index contributed by atoms with van der Waals surface area (Å²) in [5, 5.41) is 5.99. The molecule has 0 radical (unpaired) electrons. The molecule has 1 saturated heterocycles. The Morgan fingerprint density at radius 1 is 1.35 bits per heavy atom. The molecule has 4 heteroatoms. The van der Waals surface area contributed by atoms with E-state index < -0.39 is 0 Å². The van der Waals surface area contributed by atoms with E-state index >= 15 is 0 Å². The summed E-state index contributed by atoms with van der Waals surface area (Å²) in [6.45, 7) is 4.65. The maximum atomic E-state index is 4.41. The van der Waals surface area contributed by atoms with Crippen LogP contribution >= 0.6 is 11.3 Å². The minimum Gasteiger partial charge on any atom is -0.310 e. The van der Waals surface area contributed by atoms with Crippen LogP contribution in [0.15, 0.2) is 10.9 Å². The first-order chi connectivity index (χ1) is 8.36. The van der Waals surface area contributed by atoms with Gasteiger partial charge in [-0.3, -0.25) is 4.90 Å². The van der Waals surface area contributed by atoms with Crippen molar-refractivity contribution in [3.8, 4) is 0 Å². The first-order valence-electron chi connectivity index (χ1n) is 6.71. The molecule has 1 aromatic rings. The Bertz CT molecular complexity index is 344. The Kier molecular flexibility index (Phi) is 3.45. The van der Waals surface area contributed by atoms with Crippen LogP contribution in [0, 0.1) is 0 Å². The van der Waals surface area contributed by atoms with Crippen LogP contribution in [0.5, 0.6) is 0 Å². The molecule has 0 atom stereocenters. The molecule has 0 aromatic carbocycles. The lowest BCUT2D eigenvalue weighted by molar-refractivity contribution is 0.202. The van der Waals surface area contributed by atoms with Crippen molar-refractivity contribution in [2.45, 2.75) is 44.2 Å². The Morgan fingerprint density at radius 3 is 3.00 bits per heavy atom. The van der Waals surface area contributed by atoms with E-state index in [0.717, 1.165) is 6.54 Å². The SMILES string of the molecule is c1nc(CN2CCCNC3(CCCC3)C2)cs1. The van der Waals surface area contributed by atoms with Crippen LogP contribution in [0.2, 0.25) is 0 Å². The van der Waals surface area contributed by atoms with Gasteiger partial charge in [-0.05, 0) is 32.4 Å². The van der Waals surface area contributed by atoms with Crippen molar-refractivity contribution in [3.63, 3.8) is 0 Å². The van der Waals surface area contributed by atoms with Crippen LogP contribution in [-0.2, 0) is 6.54 Å². The van der Waals surface area contributed by atoms with E-state index in [1.54, 1.807) is 11.3 Å². The second-order valence-corrected chi connectivity index (χ2v) is 6.18. The zero-order chi connectivity index (χ0) is 11.6. The lowest BCUT2D eigenvalue weighted by Crippen LogP contribution is -2.49. The molecule has 1 aromatic heterocycles. The number of nitrogens with zero attached hydrogens (tertiary/aromatic N) is 2. The van der Waals surface area contributed by atoms with Gasteiger partial charge in [0.05, 0.1) is 11.2 Å². The standard InChI is InChI=1S/C13H21N3S/c1-2-5-13(4-1)10-16(7-3-6-15-13)8-12-9-17-11-14-12/h9,11,15H,1-8,10H2. The first-order valence-corrected chi connectivity index (χ1v) is 7.65. The third-order valence-electron chi connectivity index (χ3n) is 4.11. The molecule has 3 rings (SSSR count). The topological polar surface area (TPSA) is 28.2 Å². The summed E-state index contributed by atoms with van der Waals surface area (Å²) in [5.74, 6) is 0. The number of hydrogen-bond acceptors (Lipinski definition) is 4. The second-order valence-electron chi connectivity index (χ2n) is 5.46. The molecule has 0 amide bonds. The zero-order valence-electron chi connectivity index (χ0n) is 10.3. The van der Waals surface area contributed by atoms with Crippen molar-refractivity contribution in [2.75, 3.05) is 19.6 Å². The van der Waals surface area contributed by atoms with Gasteiger partial charge < -0.3 is 5.32 Å². The highest BCUT2D eigenvalue weighted by molar-refractivity contribution is 7.07. The molecule has 1 N–H and O–H groups in total. The maximum absolute atomic E-state index is 4.41. The fraction of sp³-hybridized carbons (Fsp3) is 0.769. The average molecular weight is 251 g/mol. The van der Waals surface area contributed by atoms with Gasteiger partial charge in [-0.25, -0.2) is 4.98 Å². The van der Waals surface area contributed by atoms with Crippen molar-refractivity contribution in [3.05, 3.63) is 16.6 Å². The highest BCUT2D eigenvalue weighted by Crippen LogP contribution is 2.32. The Morgan fingerprint density at radius 2 is 2.24 bits per heavy atom. The minimum absolute atomic E-state index is 0.423. The van der Waals surface area contributed by atoms with Gasteiger partial charge in [0.25, 0.3) is 0 Å². The van der Waals surface area contributed by atoms with Crippen LogP contribution < -0.4 is 5.32 Å².